The van der Waals surface area contributed by atoms with E-state index in [1.165, 1.54) is 6.07 Å². The van der Waals surface area contributed by atoms with Gasteiger partial charge in [0.25, 0.3) is 0 Å². The van der Waals surface area contributed by atoms with Crippen molar-refractivity contribution < 1.29 is 4.39 Å². The first kappa shape index (κ1) is 10.6. The standard InChI is InChI=1S/C12H17FN2/c1-9-2-3-11(13)6-10(9)7-15-5-4-12(14)8-15/h2-3,6,12H,4-5,7-8,14H2,1H3. The molecule has 15 heavy (non-hydrogen) atoms. The maximum absolute atomic E-state index is 13.1. The Bertz CT molecular complexity index is 351. The number of likely N-dealkylation sites (tertiary alicyclic amines) is 1. The zero-order chi connectivity index (χ0) is 10.8. The van der Waals surface area contributed by atoms with E-state index in [4.69, 9.17) is 5.73 Å². The number of nitrogens with two attached hydrogens (primary N) is 1. The van der Waals surface area contributed by atoms with Crippen LogP contribution in [0, 0.1) is 12.7 Å². The Balaban J connectivity index is 2.07. The average Bonchev–Trinajstić information content (AvgIpc) is 2.58. The molecule has 1 aromatic rings. The highest BCUT2D eigenvalue weighted by molar-refractivity contribution is 5.26. The average molecular weight is 208 g/mol. The maximum Gasteiger partial charge on any atom is 0.123 e. The van der Waals surface area contributed by atoms with Crippen molar-refractivity contribution in [3.63, 3.8) is 0 Å². The zero-order valence-corrected chi connectivity index (χ0v) is 9.04. The summed E-state index contributed by atoms with van der Waals surface area (Å²) in [5.41, 5.74) is 8.05. The minimum absolute atomic E-state index is 0.154. The topological polar surface area (TPSA) is 29.3 Å². The largest absolute Gasteiger partial charge is 0.326 e. The quantitative estimate of drug-likeness (QED) is 0.801. The molecule has 0 amide bonds. The van der Waals surface area contributed by atoms with Crippen LogP contribution in [0.25, 0.3) is 0 Å². The van der Waals surface area contributed by atoms with E-state index in [9.17, 15) is 4.39 Å². The van der Waals surface area contributed by atoms with Crippen LogP contribution in [0.4, 0.5) is 4.39 Å². The summed E-state index contributed by atoms with van der Waals surface area (Å²) in [5.74, 6) is -0.154. The van der Waals surface area contributed by atoms with Gasteiger partial charge in [0.05, 0.1) is 0 Å². The summed E-state index contributed by atoms with van der Waals surface area (Å²) in [6, 6.07) is 5.26. The van der Waals surface area contributed by atoms with Crippen molar-refractivity contribution in [2.75, 3.05) is 13.1 Å². The summed E-state index contributed by atoms with van der Waals surface area (Å²) < 4.78 is 13.1. The van der Waals surface area contributed by atoms with Crippen molar-refractivity contribution in [1.29, 1.82) is 0 Å². The van der Waals surface area contributed by atoms with Crippen molar-refractivity contribution in [1.82, 2.24) is 4.90 Å². The van der Waals surface area contributed by atoms with Gasteiger partial charge in [0, 0.05) is 25.7 Å². The predicted octanol–water partition coefficient (Wildman–Crippen LogP) is 1.67. The SMILES string of the molecule is Cc1ccc(F)cc1CN1CCC(N)C1. The molecule has 1 unspecified atom stereocenters. The van der Waals surface area contributed by atoms with Crippen molar-refractivity contribution in [3.8, 4) is 0 Å². The molecule has 82 valence electrons. The van der Waals surface area contributed by atoms with Crippen molar-refractivity contribution in [2.45, 2.75) is 25.9 Å². The van der Waals surface area contributed by atoms with E-state index in [1.54, 1.807) is 6.07 Å². The highest BCUT2D eigenvalue weighted by atomic mass is 19.1. The molecule has 3 heteroatoms. The molecule has 1 saturated heterocycles. The molecule has 2 N–H and O–H groups in total. The monoisotopic (exact) mass is 208 g/mol. The molecule has 1 aromatic carbocycles. The van der Waals surface area contributed by atoms with E-state index in [2.05, 4.69) is 4.90 Å². The lowest BCUT2D eigenvalue weighted by molar-refractivity contribution is 0.325. The molecule has 0 radical (unpaired) electrons. The van der Waals surface area contributed by atoms with Crippen LogP contribution in [-0.4, -0.2) is 24.0 Å². The van der Waals surface area contributed by atoms with E-state index in [1.807, 2.05) is 13.0 Å². The fourth-order valence-corrected chi connectivity index (χ4v) is 2.06. The summed E-state index contributed by atoms with van der Waals surface area (Å²) in [7, 11) is 0. The van der Waals surface area contributed by atoms with E-state index >= 15 is 0 Å². The number of nitrogens with zero attached hydrogens (tertiary/aromatic N) is 1. The number of benzene rings is 1. The molecular weight excluding hydrogens is 191 g/mol. The van der Waals surface area contributed by atoms with Gasteiger partial charge in [0.15, 0.2) is 0 Å². The van der Waals surface area contributed by atoms with Crippen LogP contribution in [-0.2, 0) is 6.54 Å². The van der Waals surface area contributed by atoms with Crippen LogP contribution in [0.2, 0.25) is 0 Å². The second-order valence-electron chi connectivity index (χ2n) is 4.35. The van der Waals surface area contributed by atoms with Gasteiger partial charge in [-0.15, -0.1) is 0 Å². The lowest BCUT2D eigenvalue weighted by Crippen LogP contribution is -2.26. The summed E-state index contributed by atoms with van der Waals surface area (Å²) in [6.45, 7) is 4.79. The van der Waals surface area contributed by atoms with Gasteiger partial charge >= 0.3 is 0 Å². The highest BCUT2D eigenvalue weighted by Gasteiger charge is 2.19. The van der Waals surface area contributed by atoms with Gasteiger partial charge in [-0.25, -0.2) is 4.39 Å². The van der Waals surface area contributed by atoms with Crippen LogP contribution in [0.1, 0.15) is 17.5 Å². The Hall–Kier alpha value is -0.930. The Morgan fingerprint density at radius 2 is 2.33 bits per heavy atom. The molecular formula is C12H17FN2. The van der Waals surface area contributed by atoms with Gasteiger partial charge in [-0.1, -0.05) is 6.07 Å². The van der Waals surface area contributed by atoms with Crippen molar-refractivity contribution in [2.24, 2.45) is 5.73 Å². The Morgan fingerprint density at radius 3 is 3.00 bits per heavy atom. The minimum atomic E-state index is -0.154. The number of halogens is 1. The molecule has 0 bridgehead atoms. The van der Waals surface area contributed by atoms with Gasteiger partial charge in [-0.2, -0.15) is 0 Å². The molecule has 0 saturated carbocycles. The number of rotatable bonds is 2. The molecule has 0 spiro atoms. The molecule has 1 heterocycles. The predicted molar refractivity (Wildman–Crippen MR) is 59.0 cm³/mol. The third-order valence-corrected chi connectivity index (χ3v) is 3.01. The first-order chi connectivity index (χ1) is 7.15. The molecule has 1 fully saturated rings. The highest BCUT2D eigenvalue weighted by Crippen LogP contribution is 2.16. The van der Waals surface area contributed by atoms with E-state index in [0.29, 0.717) is 6.04 Å². The normalized spacial score (nSPS) is 22.2. The van der Waals surface area contributed by atoms with Crippen LogP contribution in [0.3, 0.4) is 0 Å². The van der Waals surface area contributed by atoms with Gasteiger partial charge in [-0.05, 0) is 36.6 Å². The van der Waals surface area contributed by atoms with E-state index < -0.39 is 0 Å². The Morgan fingerprint density at radius 1 is 1.53 bits per heavy atom. The molecule has 0 aromatic heterocycles. The van der Waals surface area contributed by atoms with Crippen molar-refractivity contribution in [3.05, 3.63) is 35.1 Å². The fourth-order valence-electron chi connectivity index (χ4n) is 2.06. The Labute approximate surface area is 89.9 Å². The second-order valence-corrected chi connectivity index (χ2v) is 4.35. The lowest BCUT2D eigenvalue weighted by Gasteiger charge is -2.16. The number of hydrogen-bond donors (Lipinski definition) is 1. The summed E-state index contributed by atoms with van der Waals surface area (Å²) in [5, 5.41) is 0. The summed E-state index contributed by atoms with van der Waals surface area (Å²) >= 11 is 0. The summed E-state index contributed by atoms with van der Waals surface area (Å²) in [4.78, 5) is 2.28. The van der Waals surface area contributed by atoms with Gasteiger partial charge in [-0.3, -0.25) is 4.90 Å². The van der Waals surface area contributed by atoms with E-state index in [-0.39, 0.29) is 5.82 Å². The third kappa shape index (κ3) is 2.55. The van der Waals surface area contributed by atoms with Gasteiger partial charge < -0.3 is 5.73 Å². The van der Waals surface area contributed by atoms with Gasteiger partial charge in [0.1, 0.15) is 5.82 Å². The molecule has 1 aliphatic heterocycles. The maximum atomic E-state index is 13.1. The van der Waals surface area contributed by atoms with E-state index in [0.717, 1.165) is 37.2 Å². The lowest BCUT2D eigenvalue weighted by atomic mass is 10.1. The Kier molecular flexibility index (Phi) is 3.03. The second kappa shape index (κ2) is 4.29. The van der Waals surface area contributed by atoms with Crippen LogP contribution >= 0.6 is 0 Å². The minimum Gasteiger partial charge on any atom is -0.326 e. The number of aryl methyl sites for hydroxylation is 1. The third-order valence-electron chi connectivity index (χ3n) is 3.01. The first-order valence-corrected chi connectivity index (χ1v) is 5.38. The zero-order valence-electron chi connectivity index (χ0n) is 9.04. The smallest absolute Gasteiger partial charge is 0.123 e. The van der Waals surface area contributed by atoms with Crippen molar-refractivity contribution >= 4 is 0 Å². The molecule has 2 nitrogen and oxygen atoms in total. The molecule has 1 aliphatic rings. The van der Waals surface area contributed by atoms with Crippen LogP contribution in [0.15, 0.2) is 18.2 Å². The van der Waals surface area contributed by atoms with Crippen LogP contribution in [0.5, 0.6) is 0 Å². The number of hydrogen-bond acceptors (Lipinski definition) is 2. The molecule has 1 atom stereocenters. The summed E-state index contributed by atoms with van der Waals surface area (Å²) in [6.07, 6.45) is 1.05. The van der Waals surface area contributed by atoms with Gasteiger partial charge in [0.2, 0.25) is 0 Å². The van der Waals surface area contributed by atoms with Crippen LogP contribution < -0.4 is 5.73 Å². The first-order valence-electron chi connectivity index (χ1n) is 5.38. The fraction of sp³-hybridized carbons (Fsp3) is 0.500. The molecule has 2 rings (SSSR count). The molecule has 0 aliphatic carbocycles.